The molecule has 0 aromatic heterocycles. The van der Waals surface area contributed by atoms with Gasteiger partial charge in [-0.1, -0.05) is 13.3 Å². The van der Waals surface area contributed by atoms with Crippen molar-refractivity contribution in [1.82, 2.24) is 10.3 Å². The highest BCUT2D eigenvalue weighted by Crippen LogP contribution is 2.23. The molecule has 0 bridgehead atoms. The van der Waals surface area contributed by atoms with Crippen molar-refractivity contribution in [2.75, 3.05) is 13.6 Å². The number of nitrogens with zero attached hydrogens (tertiary/aromatic N) is 2. The van der Waals surface area contributed by atoms with Gasteiger partial charge in [-0.25, -0.2) is 10.8 Å². The summed E-state index contributed by atoms with van der Waals surface area (Å²) in [6, 6.07) is 0.523. The van der Waals surface area contributed by atoms with Crippen molar-refractivity contribution in [3.05, 3.63) is 0 Å². The van der Waals surface area contributed by atoms with Gasteiger partial charge in [0.05, 0.1) is 6.04 Å². The van der Waals surface area contributed by atoms with Gasteiger partial charge in [0.15, 0.2) is 0 Å². The van der Waals surface area contributed by atoms with Crippen LogP contribution in [0, 0.1) is 0 Å². The zero-order chi connectivity index (χ0) is 9.68. The van der Waals surface area contributed by atoms with E-state index in [0.717, 1.165) is 12.5 Å². The lowest BCUT2D eigenvalue weighted by molar-refractivity contribution is 0.464. The van der Waals surface area contributed by atoms with Gasteiger partial charge in [0.25, 0.3) is 0 Å². The predicted octanol–water partition coefficient (Wildman–Crippen LogP) is 0.700. The summed E-state index contributed by atoms with van der Waals surface area (Å²) in [5, 5.41) is 0. The fourth-order valence-corrected chi connectivity index (χ4v) is 1.12. The molecule has 1 saturated carbocycles. The van der Waals surface area contributed by atoms with Crippen LogP contribution in [0.3, 0.4) is 0 Å². The number of hydrogen-bond acceptors (Lipinski definition) is 2. The molecule has 0 heterocycles. The van der Waals surface area contributed by atoms with Gasteiger partial charge in [-0.15, -0.1) is 0 Å². The van der Waals surface area contributed by atoms with E-state index in [1.165, 1.54) is 25.7 Å². The zero-order valence-electron chi connectivity index (χ0n) is 8.58. The zero-order valence-corrected chi connectivity index (χ0v) is 8.58. The monoisotopic (exact) mass is 184 g/mol. The Morgan fingerprint density at radius 1 is 1.62 bits per heavy atom. The maximum Gasteiger partial charge on any atom is 0.208 e. The van der Waals surface area contributed by atoms with Gasteiger partial charge in [0.1, 0.15) is 0 Å². The molecule has 0 amide bonds. The summed E-state index contributed by atoms with van der Waals surface area (Å²) in [6.45, 7) is 3.20. The third kappa shape index (κ3) is 3.63. The van der Waals surface area contributed by atoms with E-state index in [9.17, 15) is 0 Å². The first kappa shape index (κ1) is 10.3. The number of hydrazine groups is 1. The van der Waals surface area contributed by atoms with E-state index in [1.54, 1.807) is 0 Å². The van der Waals surface area contributed by atoms with E-state index in [4.69, 9.17) is 5.84 Å². The second-order valence-electron chi connectivity index (χ2n) is 3.60. The second kappa shape index (κ2) is 5.07. The smallest absolute Gasteiger partial charge is 0.208 e. The van der Waals surface area contributed by atoms with Crippen molar-refractivity contribution in [2.45, 2.75) is 38.6 Å². The standard InChI is InChI=1S/C9H20N4/c1-3-4-7-13(2)9(12-10)11-8-5-6-8/h8H,3-7,10H2,1-2H3,(H,11,12). The van der Waals surface area contributed by atoms with Crippen LogP contribution in [0.2, 0.25) is 0 Å². The second-order valence-corrected chi connectivity index (χ2v) is 3.60. The topological polar surface area (TPSA) is 53.6 Å². The van der Waals surface area contributed by atoms with Crippen molar-refractivity contribution >= 4 is 5.96 Å². The average Bonchev–Trinajstić information content (AvgIpc) is 2.93. The number of guanidine groups is 1. The van der Waals surface area contributed by atoms with Gasteiger partial charge >= 0.3 is 0 Å². The Morgan fingerprint density at radius 3 is 2.77 bits per heavy atom. The van der Waals surface area contributed by atoms with Crippen molar-refractivity contribution < 1.29 is 0 Å². The molecule has 0 saturated heterocycles. The Kier molecular flexibility index (Phi) is 4.02. The highest BCUT2D eigenvalue weighted by Gasteiger charge is 2.21. The maximum atomic E-state index is 5.40. The lowest BCUT2D eigenvalue weighted by Gasteiger charge is -2.20. The van der Waals surface area contributed by atoms with Crippen LogP contribution >= 0.6 is 0 Å². The molecule has 1 aliphatic rings. The van der Waals surface area contributed by atoms with Gasteiger partial charge < -0.3 is 4.90 Å². The van der Waals surface area contributed by atoms with Crippen LogP contribution in [-0.4, -0.2) is 30.5 Å². The molecule has 0 unspecified atom stereocenters. The SMILES string of the molecule is CCCCN(C)C(=NC1CC1)NN. The largest absolute Gasteiger partial charge is 0.345 e. The Hall–Kier alpha value is -0.770. The van der Waals surface area contributed by atoms with E-state index in [1.807, 2.05) is 7.05 Å². The minimum atomic E-state index is 0.523. The van der Waals surface area contributed by atoms with E-state index in [-0.39, 0.29) is 0 Å². The molecule has 0 aliphatic heterocycles. The number of nitrogens with two attached hydrogens (primary N) is 1. The normalized spacial score (nSPS) is 17.3. The number of aliphatic imine (C=N–C) groups is 1. The fourth-order valence-electron chi connectivity index (χ4n) is 1.12. The number of nitrogens with one attached hydrogen (secondary N) is 1. The Balaban J connectivity index is 2.34. The molecule has 3 N–H and O–H groups in total. The minimum Gasteiger partial charge on any atom is -0.345 e. The van der Waals surface area contributed by atoms with Crippen molar-refractivity contribution in [3.8, 4) is 0 Å². The van der Waals surface area contributed by atoms with Gasteiger partial charge in [-0.3, -0.25) is 5.43 Å². The van der Waals surface area contributed by atoms with Crippen LogP contribution in [0.1, 0.15) is 32.6 Å². The lowest BCUT2D eigenvalue weighted by atomic mass is 10.3. The third-order valence-electron chi connectivity index (χ3n) is 2.19. The predicted molar refractivity (Wildman–Crippen MR) is 55.3 cm³/mol. The van der Waals surface area contributed by atoms with Crippen LogP contribution in [0.4, 0.5) is 0 Å². The Morgan fingerprint density at radius 2 is 2.31 bits per heavy atom. The first-order valence-electron chi connectivity index (χ1n) is 5.03. The molecule has 1 aliphatic carbocycles. The molecule has 1 rings (SSSR count). The lowest BCUT2D eigenvalue weighted by Crippen LogP contribution is -2.43. The molecule has 4 nitrogen and oxygen atoms in total. The minimum absolute atomic E-state index is 0.523. The van der Waals surface area contributed by atoms with Crippen LogP contribution in [0.15, 0.2) is 4.99 Å². The number of unbranched alkanes of at least 4 members (excludes halogenated alkanes) is 1. The van der Waals surface area contributed by atoms with Gasteiger partial charge in [-0.2, -0.15) is 0 Å². The maximum absolute atomic E-state index is 5.40. The molecule has 13 heavy (non-hydrogen) atoms. The summed E-state index contributed by atoms with van der Waals surface area (Å²) in [5.41, 5.74) is 2.66. The van der Waals surface area contributed by atoms with Gasteiger partial charge in [0.2, 0.25) is 5.96 Å². The number of rotatable bonds is 4. The van der Waals surface area contributed by atoms with Gasteiger partial charge in [0, 0.05) is 13.6 Å². The summed E-state index contributed by atoms with van der Waals surface area (Å²) >= 11 is 0. The molecule has 76 valence electrons. The van der Waals surface area contributed by atoms with E-state index in [0.29, 0.717) is 6.04 Å². The fraction of sp³-hybridized carbons (Fsp3) is 0.889. The van der Waals surface area contributed by atoms with Crippen LogP contribution < -0.4 is 11.3 Å². The summed E-state index contributed by atoms with van der Waals surface area (Å²) < 4.78 is 0. The third-order valence-corrected chi connectivity index (χ3v) is 2.19. The van der Waals surface area contributed by atoms with Crippen LogP contribution in [-0.2, 0) is 0 Å². The molecular weight excluding hydrogens is 164 g/mol. The van der Waals surface area contributed by atoms with E-state index < -0.39 is 0 Å². The quantitative estimate of drug-likeness (QED) is 0.293. The summed E-state index contributed by atoms with van der Waals surface area (Å²) in [5.74, 6) is 6.23. The Labute approximate surface area is 80.2 Å². The first-order valence-corrected chi connectivity index (χ1v) is 5.03. The van der Waals surface area contributed by atoms with Gasteiger partial charge in [-0.05, 0) is 19.3 Å². The summed E-state index contributed by atoms with van der Waals surface area (Å²) in [7, 11) is 2.02. The summed E-state index contributed by atoms with van der Waals surface area (Å²) in [4.78, 5) is 6.55. The highest BCUT2D eigenvalue weighted by atomic mass is 15.4. The molecule has 0 spiro atoms. The Bertz CT molecular complexity index is 174. The van der Waals surface area contributed by atoms with E-state index in [2.05, 4.69) is 22.2 Å². The molecule has 0 aromatic carbocycles. The van der Waals surface area contributed by atoms with Crippen LogP contribution in [0.5, 0.6) is 0 Å². The molecule has 4 heteroatoms. The highest BCUT2D eigenvalue weighted by molar-refractivity contribution is 5.79. The molecule has 1 fully saturated rings. The summed E-state index contributed by atoms with van der Waals surface area (Å²) in [6.07, 6.45) is 4.81. The molecule has 0 aromatic rings. The van der Waals surface area contributed by atoms with Crippen molar-refractivity contribution in [2.24, 2.45) is 10.8 Å². The van der Waals surface area contributed by atoms with Crippen molar-refractivity contribution in [1.29, 1.82) is 0 Å². The van der Waals surface area contributed by atoms with Crippen LogP contribution in [0.25, 0.3) is 0 Å². The first-order chi connectivity index (χ1) is 6.27. The molecular formula is C9H20N4. The molecule has 0 atom stereocenters. The average molecular weight is 184 g/mol. The number of hydrogen-bond donors (Lipinski definition) is 2. The molecule has 0 radical (unpaired) electrons. The van der Waals surface area contributed by atoms with E-state index >= 15 is 0 Å². The van der Waals surface area contributed by atoms with Crippen molar-refractivity contribution in [3.63, 3.8) is 0 Å².